The van der Waals surface area contributed by atoms with Gasteiger partial charge in [0.2, 0.25) is 0 Å². The average Bonchev–Trinajstić information content (AvgIpc) is 2.72. The SMILES string of the molecule is Nc1cc(OCCOc2ccccc2)c(N)c2c1C(=O)c1ccc(Cl)cc1C2=O. The van der Waals surface area contributed by atoms with Crippen LogP contribution in [-0.2, 0) is 0 Å². The molecule has 0 aliphatic heterocycles. The van der Waals surface area contributed by atoms with E-state index < -0.39 is 5.78 Å². The first-order chi connectivity index (χ1) is 14.0. The van der Waals surface area contributed by atoms with Crippen molar-refractivity contribution in [2.45, 2.75) is 0 Å². The number of ketones is 2. The fourth-order valence-corrected chi connectivity index (χ4v) is 3.46. The molecule has 0 amide bonds. The summed E-state index contributed by atoms with van der Waals surface area (Å²) in [7, 11) is 0. The summed E-state index contributed by atoms with van der Waals surface area (Å²) in [6.07, 6.45) is 0. The van der Waals surface area contributed by atoms with Gasteiger partial charge < -0.3 is 20.9 Å². The summed E-state index contributed by atoms with van der Waals surface area (Å²) in [4.78, 5) is 25.9. The van der Waals surface area contributed by atoms with Crippen LogP contribution in [0.15, 0.2) is 54.6 Å². The first-order valence-corrected chi connectivity index (χ1v) is 9.26. The Morgan fingerprint density at radius 1 is 0.793 bits per heavy atom. The number of nitrogens with two attached hydrogens (primary N) is 2. The molecule has 0 saturated carbocycles. The van der Waals surface area contributed by atoms with Crippen LogP contribution in [0.25, 0.3) is 0 Å². The zero-order valence-electron chi connectivity index (χ0n) is 15.3. The van der Waals surface area contributed by atoms with Gasteiger partial charge in [-0.1, -0.05) is 29.8 Å². The third-order valence-electron chi connectivity index (χ3n) is 4.64. The second kappa shape index (κ2) is 7.48. The fraction of sp³-hybridized carbons (Fsp3) is 0.0909. The predicted octanol–water partition coefficient (Wildman–Crippen LogP) is 3.74. The van der Waals surface area contributed by atoms with E-state index in [9.17, 15) is 9.59 Å². The topological polar surface area (TPSA) is 105 Å². The second-order valence-corrected chi connectivity index (χ2v) is 6.92. The van der Waals surface area contributed by atoms with Gasteiger partial charge in [0.25, 0.3) is 0 Å². The third-order valence-corrected chi connectivity index (χ3v) is 4.87. The van der Waals surface area contributed by atoms with Crippen LogP contribution >= 0.6 is 11.6 Å². The molecule has 3 aromatic carbocycles. The molecular formula is C22H17ClN2O4. The molecule has 0 spiro atoms. The van der Waals surface area contributed by atoms with Crippen molar-refractivity contribution in [2.24, 2.45) is 0 Å². The van der Waals surface area contributed by atoms with E-state index in [0.29, 0.717) is 10.8 Å². The minimum absolute atomic E-state index is 0.0451. The average molecular weight is 409 g/mol. The molecular weight excluding hydrogens is 392 g/mol. The van der Waals surface area contributed by atoms with Crippen LogP contribution in [0.1, 0.15) is 31.8 Å². The summed E-state index contributed by atoms with van der Waals surface area (Å²) >= 11 is 6.00. The van der Waals surface area contributed by atoms with Crippen LogP contribution in [0.3, 0.4) is 0 Å². The van der Waals surface area contributed by atoms with Crippen molar-refractivity contribution < 1.29 is 19.1 Å². The summed E-state index contributed by atoms with van der Waals surface area (Å²) < 4.78 is 11.3. The third kappa shape index (κ3) is 3.39. The van der Waals surface area contributed by atoms with Crippen LogP contribution in [-0.4, -0.2) is 24.8 Å². The number of carbonyl (C=O) groups is 2. The maximum atomic E-state index is 13.0. The molecule has 0 heterocycles. The van der Waals surface area contributed by atoms with Gasteiger partial charge in [0.1, 0.15) is 24.7 Å². The van der Waals surface area contributed by atoms with E-state index in [1.807, 2.05) is 30.3 Å². The lowest BCUT2D eigenvalue weighted by Gasteiger charge is -2.22. The highest BCUT2D eigenvalue weighted by atomic mass is 35.5. The number of hydrogen-bond donors (Lipinski definition) is 2. The lowest BCUT2D eigenvalue weighted by Crippen LogP contribution is -2.24. The van der Waals surface area contributed by atoms with Gasteiger partial charge in [-0.05, 0) is 30.3 Å². The lowest BCUT2D eigenvalue weighted by molar-refractivity contribution is 0.0980. The first kappa shape index (κ1) is 18.8. The molecule has 3 aromatic rings. The van der Waals surface area contributed by atoms with Crippen molar-refractivity contribution in [1.82, 2.24) is 0 Å². The summed E-state index contributed by atoms with van der Waals surface area (Å²) in [5.74, 6) is 0.162. The standard InChI is InChI=1S/C22H17ClN2O4/c23-12-6-7-14-15(10-12)22(27)19-18(21(14)26)16(24)11-17(20(19)25)29-9-8-28-13-4-2-1-3-5-13/h1-7,10-11H,8-9,24-25H2. The molecule has 146 valence electrons. The molecule has 0 radical (unpaired) electrons. The molecule has 0 unspecified atom stereocenters. The summed E-state index contributed by atoms with van der Waals surface area (Å²) in [5.41, 5.74) is 13.1. The van der Waals surface area contributed by atoms with Gasteiger partial charge in [-0.15, -0.1) is 0 Å². The minimum Gasteiger partial charge on any atom is -0.490 e. The van der Waals surface area contributed by atoms with E-state index >= 15 is 0 Å². The van der Waals surface area contributed by atoms with Gasteiger partial charge in [0, 0.05) is 27.9 Å². The number of nitrogen functional groups attached to an aromatic ring is 2. The Morgan fingerprint density at radius 2 is 1.48 bits per heavy atom. The quantitative estimate of drug-likeness (QED) is 0.385. The van der Waals surface area contributed by atoms with Crippen molar-refractivity contribution in [3.05, 3.63) is 81.9 Å². The number of fused-ring (bicyclic) bond motifs is 2. The first-order valence-electron chi connectivity index (χ1n) is 8.89. The largest absolute Gasteiger partial charge is 0.490 e. The zero-order valence-corrected chi connectivity index (χ0v) is 16.0. The Morgan fingerprint density at radius 3 is 2.24 bits per heavy atom. The highest BCUT2D eigenvalue weighted by molar-refractivity contribution is 6.35. The number of hydrogen-bond acceptors (Lipinski definition) is 6. The van der Waals surface area contributed by atoms with Gasteiger partial charge in [-0.3, -0.25) is 9.59 Å². The van der Waals surface area contributed by atoms with E-state index in [4.69, 9.17) is 32.5 Å². The molecule has 29 heavy (non-hydrogen) atoms. The van der Waals surface area contributed by atoms with Gasteiger partial charge in [-0.25, -0.2) is 0 Å². The summed E-state index contributed by atoms with van der Waals surface area (Å²) in [6, 6.07) is 15.3. The van der Waals surface area contributed by atoms with Gasteiger partial charge in [0.05, 0.1) is 16.8 Å². The number of carbonyl (C=O) groups excluding carboxylic acids is 2. The van der Waals surface area contributed by atoms with Gasteiger partial charge in [0.15, 0.2) is 11.6 Å². The predicted molar refractivity (Wildman–Crippen MR) is 111 cm³/mol. The van der Waals surface area contributed by atoms with Crippen molar-refractivity contribution >= 4 is 34.5 Å². The molecule has 0 bridgehead atoms. The number of ether oxygens (including phenoxy) is 2. The number of benzene rings is 3. The highest BCUT2D eigenvalue weighted by Gasteiger charge is 2.34. The number of para-hydroxylation sites is 1. The maximum Gasteiger partial charge on any atom is 0.196 e. The van der Waals surface area contributed by atoms with Gasteiger partial charge in [-0.2, -0.15) is 0 Å². The maximum absolute atomic E-state index is 13.0. The smallest absolute Gasteiger partial charge is 0.196 e. The van der Waals surface area contributed by atoms with E-state index in [2.05, 4.69) is 0 Å². The Bertz CT molecular complexity index is 1130. The number of halogens is 1. The van der Waals surface area contributed by atoms with Crippen molar-refractivity contribution in [3.63, 3.8) is 0 Å². The van der Waals surface area contributed by atoms with E-state index in [1.54, 1.807) is 6.07 Å². The Labute approximate surface area is 172 Å². The lowest BCUT2D eigenvalue weighted by atomic mass is 9.82. The number of rotatable bonds is 5. The summed E-state index contributed by atoms with van der Waals surface area (Å²) in [5, 5.41) is 0.352. The Balaban J connectivity index is 1.61. The van der Waals surface area contributed by atoms with Crippen molar-refractivity contribution in [2.75, 3.05) is 24.7 Å². The van der Waals surface area contributed by atoms with Crippen LogP contribution in [0, 0.1) is 0 Å². The normalized spacial score (nSPS) is 12.3. The van der Waals surface area contributed by atoms with E-state index in [1.165, 1.54) is 18.2 Å². The molecule has 0 saturated heterocycles. The Hall–Kier alpha value is -3.51. The molecule has 0 aromatic heterocycles. The fourth-order valence-electron chi connectivity index (χ4n) is 3.29. The molecule has 6 nitrogen and oxygen atoms in total. The monoisotopic (exact) mass is 408 g/mol. The Kier molecular flexibility index (Phi) is 4.86. The summed E-state index contributed by atoms with van der Waals surface area (Å²) in [6.45, 7) is 0.452. The van der Waals surface area contributed by atoms with E-state index in [-0.39, 0.29) is 58.4 Å². The van der Waals surface area contributed by atoms with Crippen LogP contribution < -0.4 is 20.9 Å². The minimum atomic E-state index is -0.410. The molecule has 0 fully saturated rings. The number of anilines is 2. The molecule has 1 aliphatic carbocycles. The van der Waals surface area contributed by atoms with Crippen LogP contribution in [0.5, 0.6) is 11.5 Å². The van der Waals surface area contributed by atoms with Crippen LogP contribution in [0.4, 0.5) is 11.4 Å². The molecule has 1 aliphatic rings. The molecule has 4 rings (SSSR count). The second-order valence-electron chi connectivity index (χ2n) is 6.49. The van der Waals surface area contributed by atoms with Crippen LogP contribution in [0.2, 0.25) is 5.02 Å². The van der Waals surface area contributed by atoms with Gasteiger partial charge >= 0.3 is 0 Å². The molecule has 4 N–H and O–H groups in total. The van der Waals surface area contributed by atoms with Crippen molar-refractivity contribution in [3.8, 4) is 11.5 Å². The van der Waals surface area contributed by atoms with E-state index in [0.717, 1.165) is 0 Å². The molecule has 7 heteroatoms. The highest BCUT2D eigenvalue weighted by Crippen LogP contribution is 2.40. The molecule has 0 atom stereocenters. The zero-order chi connectivity index (χ0) is 20.5. The van der Waals surface area contributed by atoms with Crippen molar-refractivity contribution in [1.29, 1.82) is 0 Å².